The number of hydrogen-bond donors (Lipinski definition) is 1. The highest BCUT2D eigenvalue weighted by Gasteiger charge is 2.31. The van der Waals surface area contributed by atoms with Crippen molar-refractivity contribution in [3.63, 3.8) is 0 Å². The molecule has 1 N–H and O–H groups in total. The number of nitrogens with zero attached hydrogens (tertiary/aromatic N) is 2. The van der Waals surface area contributed by atoms with Gasteiger partial charge in [0.15, 0.2) is 5.96 Å². The Morgan fingerprint density at radius 1 is 1.40 bits per heavy atom. The first-order valence-corrected chi connectivity index (χ1v) is 7.68. The highest BCUT2D eigenvalue weighted by atomic mass is 127. The summed E-state index contributed by atoms with van der Waals surface area (Å²) >= 11 is 0. The van der Waals surface area contributed by atoms with Gasteiger partial charge < -0.3 is 15.0 Å². The maximum atomic E-state index is 5.36. The van der Waals surface area contributed by atoms with Crippen LogP contribution in [-0.2, 0) is 4.74 Å². The fourth-order valence-corrected chi connectivity index (χ4v) is 3.02. The predicted octanol–water partition coefficient (Wildman–Crippen LogP) is 3.12. The topological polar surface area (TPSA) is 36.9 Å². The van der Waals surface area contributed by atoms with Gasteiger partial charge in [-0.05, 0) is 31.6 Å². The van der Waals surface area contributed by atoms with Crippen LogP contribution in [0.3, 0.4) is 0 Å². The number of hydrogen-bond acceptors (Lipinski definition) is 2. The van der Waals surface area contributed by atoms with E-state index in [1.54, 1.807) is 0 Å². The molecule has 4 nitrogen and oxygen atoms in total. The van der Waals surface area contributed by atoms with Gasteiger partial charge in [-0.25, -0.2) is 0 Å². The zero-order valence-electron chi connectivity index (χ0n) is 13.6. The van der Waals surface area contributed by atoms with Crippen molar-refractivity contribution in [3.8, 4) is 0 Å². The van der Waals surface area contributed by atoms with Crippen LogP contribution in [0.4, 0.5) is 0 Å². The van der Waals surface area contributed by atoms with Gasteiger partial charge in [0.2, 0.25) is 0 Å². The van der Waals surface area contributed by atoms with E-state index in [1.807, 2.05) is 14.0 Å². The van der Waals surface area contributed by atoms with E-state index in [-0.39, 0.29) is 24.0 Å². The van der Waals surface area contributed by atoms with Crippen molar-refractivity contribution in [1.29, 1.82) is 0 Å². The van der Waals surface area contributed by atoms with Crippen molar-refractivity contribution in [2.24, 2.45) is 10.4 Å². The molecular formula is C15H32IN3O. The Morgan fingerprint density at radius 2 is 2.15 bits per heavy atom. The average molecular weight is 397 g/mol. The molecule has 1 aliphatic rings. The average Bonchev–Trinajstić information content (AvgIpc) is 2.39. The number of nitrogens with one attached hydrogen (secondary N) is 1. The van der Waals surface area contributed by atoms with E-state index < -0.39 is 0 Å². The molecule has 0 aliphatic carbocycles. The fraction of sp³-hybridized carbons (Fsp3) is 0.933. The summed E-state index contributed by atoms with van der Waals surface area (Å²) in [5.41, 5.74) is 0.449. The van der Waals surface area contributed by atoms with Gasteiger partial charge in [0.1, 0.15) is 0 Å². The lowest BCUT2D eigenvalue weighted by atomic mass is 9.78. The molecule has 1 fully saturated rings. The largest absolute Gasteiger partial charge is 0.380 e. The minimum Gasteiger partial charge on any atom is -0.380 e. The predicted molar refractivity (Wildman–Crippen MR) is 97.1 cm³/mol. The highest BCUT2D eigenvalue weighted by molar-refractivity contribution is 14.0. The van der Waals surface area contributed by atoms with Crippen LogP contribution in [0.25, 0.3) is 0 Å². The summed E-state index contributed by atoms with van der Waals surface area (Å²) in [4.78, 5) is 6.82. The Labute approximate surface area is 141 Å². The molecular weight excluding hydrogens is 365 g/mol. The van der Waals surface area contributed by atoms with Crippen molar-refractivity contribution < 1.29 is 4.74 Å². The third-order valence-electron chi connectivity index (χ3n) is 3.88. The summed E-state index contributed by atoms with van der Waals surface area (Å²) in [6.07, 6.45) is 5.18. The first-order valence-electron chi connectivity index (χ1n) is 7.68. The van der Waals surface area contributed by atoms with Gasteiger partial charge in [-0.1, -0.05) is 20.3 Å². The summed E-state index contributed by atoms with van der Waals surface area (Å²) in [6.45, 7) is 11.3. The Hall–Kier alpha value is -0.0400. The van der Waals surface area contributed by atoms with E-state index in [1.165, 1.54) is 25.7 Å². The summed E-state index contributed by atoms with van der Waals surface area (Å²) in [6, 6.07) is 0. The number of piperidine rings is 1. The monoisotopic (exact) mass is 397 g/mol. The number of likely N-dealkylation sites (tertiary alicyclic amines) is 1. The number of guanidine groups is 1. The van der Waals surface area contributed by atoms with E-state index in [2.05, 4.69) is 29.1 Å². The van der Waals surface area contributed by atoms with Gasteiger partial charge in [-0.3, -0.25) is 4.99 Å². The molecule has 1 heterocycles. The van der Waals surface area contributed by atoms with E-state index in [9.17, 15) is 0 Å². The lowest BCUT2D eigenvalue weighted by Crippen LogP contribution is -2.50. The molecule has 0 saturated carbocycles. The molecule has 1 aliphatic heterocycles. The van der Waals surface area contributed by atoms with Crippen LogP contribution in [0.15, 0.2) is 4.99 Å². The summed E-state index contributed by atoms with van der Waals surface area (Å²) in [7, 11) is 1.87. The molecule has 1 atom stereocenters. The van der Waals surface area contributed by atoms with E-state index in [0.717, 1.165) is 38.8 Å². The van der Waals surface area contributed by atoms with Crippen LogP contribution in [0, 0.1) is 5.41 Å². The zero-order chi connectivity index (χ0) is 14.1. The molecule has 1 unspecified atom stereocenters. The standard InChI is InChI=1S/C15H31N3O.HI/c1-5-8-15(3)9-7-11-18(13-15)14(16-4)17-10-12-19-6-2;/h5-13H2,1-4H3,(H,16,17);1H. The second-order valence-corrected chi connectivity index (χ2v) is 5.76. The van der Waals surface area contributed by atoms with Crippen LogP contribution in [0.2, 0.25) is 0 Å². The number of rotatable bonds is 6. The van der Waals surface area contributed by atoms with Crippen molar-refractivity contribution in [3.05, 3.63) is 0 Å². The quantitative estimate of drug-likeness (QED) is 0.324. The third-order valence-corrected chi connectivity index (χ3v) is 3.88. The maximum absolute atomic E-state index is 5.36. The van der Waals surface area contributed by atoms with Crippen LogP contribution in [0.1, 0.15) is 46.5 Å². The van der Waals surface area contributed by atoms with Crippen LogP contribution < -0.4 is 5.32 Å². The minimum absolute atomic E-state index is 0. The second-order valence-electron chi connectivity index (χ2n) is 5.76. The van der Waals surface area contributed by atoms with Crippen LogP contribution in [-0.4, -0.2) is 50.8 Å². The highest BCUT2D eigenvalue weighted by Crippen LogP contribution is 2.33. The Kier molecular flexibility index (Phi) is 10.6. The van der Waals surface area contributed by atoms with Gasteiger partial charge in [0.05, 0.1) is 6.61 Å². The molecule has 20 heavy (non-hydrogen) atoms. The normalized spacial score (nSPS) is 23.4. The first kappa shape index (κ1) is 20.0. The maximum Gasteiger partial charge on any atom is 0.193 e. The van der Waals surface area contributed by atoms with Crippen molar-refractivity contribution in [1.82, 2.24) is 10.2 Å². The summed E-state index contributed by atoms with van der Waals surface area (Å²) < 4.78 is 5.36. The number of halogens is 1. The number of ether oxygens (including phenoxy) is 1. The smallest absolute Gasteiger partial charge is 0.193 e. The van der Waals surface area contributed by atoms with Crippen LogP contribution >= 0.6 is 24.0 Å². The Balaban J connectivity index is 0.00000361. The van der Waals surface area contributed by atoms with E-state index >= 15 is 0 Å². The zero-order valence-corrected chi connectivity index (χ0v) is 15.9. The minimum atomic E-state index is 0. The molecule has 0 aromatic carbocycles. The lowest BCUT2D eigenvalue weighted by Gasteiger charge is -2.42. The molecule has 120 valence electrons. The van der Waals surface area contributed by atoms with Gasteiger partial charge in [0.25, 0.3) is 0 Å². The van der Waals surface area contributed by atoms with Gasteiger partial charge >= 0.3 is 0 Å². The molecule has 1 rings (SSSR count). The Bertz CT molecular complexity index is 282. The second kappa shape index (κ2) is 10.7. The third kappa shape index (κ3) is 6.61. The first-order chi connectivity index (χ1) is 9.15. The van der Waals surface area contributed by atoms with Crippen molar-refractivity contribution in [2.75, 3.05) is 39.9 Å². The van der Waals surface area contributed by atoms with Gasteiger partial charge in [-0.15, -0.1) is 24.0 Å². The Morgan fingerprint density at radius 3 is 2.75 bits per heavy atom. The van der Waals surface area contributed by atoms with Crippen molar-refractivity contribution >= 4 is 29.9 Å². The van der Waals surface area contributed by atoms with Gasteiger partial charge in [0, 0.05) is 33.3 Å². The SMILES string of the molecule is CCCC1(C)CCCN(C(=NC)NCCOCC)C1.I. The molecule has 0 radical (unpaired) electrons. The fourth-order valence-electron chi connectivity index (χ4n) is 3.02. The lowest BCUT2D eigenvalue weighted by molar-refractivity contribution is 0.137. The van der Waals surface area contributed by atoms with Gasteiger partial charge in [-0.2, -0.15) is 0 Å². The number of aliphatic imine (C=N–C) groups is 1. The van der Waals surface area contributed by atoms with E-state index in [4.69, 9.17) is 4.74 Å². The molecule has 0 aromatic heterocycles. The summed E-state index contributed by atoms with van der Waals surface area (Å²) in [5.74, 6) is 1.03. The molecule has 0 amide bonds. The van der Waals surface area contributed by atoms with E-state index in [0.29, 0.717) is 5.41 Å². The molecule has 0 bridgehead atoms. The van der Waals surface area contributed by atoms with Crippen LogP contribution in [0.5, 0.6) is 0 Å². The molecule has 0 aromatic rings. The summed E-state index contributed by atoms with van der Waals surface area (Å²) in [5, 5.41) is 3.40. The molecule has 1 saturated heterocycles. The molecule has 0 spiro atoms. The molecule has 5 heteroatoms. The van der Waals surface area contributed by atoms with Crippen molar-refractivity contribution in [2.45, 2.75) is 46.5 Å².